The van der Waals surface area contributed by atoms with Crippen LogP contribution < -0.4 is 4.90 Å². The predicted molar refractivity (Wildman–Crippen MR) is 95.2 cm³/mol. The minimum absolute atomic E-state index is 0.283. The van der Waals surface area contributed by atoms with E-state index in [-0.39, 0.29) is 5.41 Å². The quantitative estimate of drug-likeness (QED) is 0.692. The molecule has 0 aromatic carbocycles. The van der Waals surface area contributed by atoms with Crippen molar-refractivity contribution in [3.05, 3.63) is 23.5 Å². The fourth-order valence-corrected chi connectivity index (χ4v) is 2.87. The van der Waals surface area contributed by atoms with Gasteiger partial charge in [-0.3, -0.25) is 4.98 Å². The van der Waals surface area contributed by atoms with E-state index >= 15 is 0 Å². The van der Waals surface area contributed by atoms with Crippen molar-refractivity contribution in [2.75, 3.05) is 11.4 Å². The highest BCUT2D eigenvalue weighted by Gasteiger charge is 2.35. The van der Waals surface area contributed by atoms with Crippen molar-refractivity contribution >= 4 is 5.69 Å². The van der Waals surface area contributed by atoms with Gasteiger partial charge in [0.2, 0.25) is 0 Å². The lowest BCUT2D eigenvalue weighted by Gasteiger charge is -2.29. The second-order valence-corrected chi connectivity index (χ2v) is 6.74. The van der Waals surface area contributed by atoms with Crippen molar-refractivity contribution in [3.63, 3.8) is 0 Å². The number of pyridine rings is 1. The summed E-state index contributed by atoms with van der Waals surface area (Å²) in [7, 11) is 0. The molecule has 0 spiro atoms. The second-order valence-electron chi connectivity index (χ2n) is 6.74. The first-order chi connectivity index (χ1) is 10.6. The summed E-state index contributed by atoms with van der Waals surface area (Å²) in [5.41, 5.74) is 4.17. The van der Waals surface area contributed by atoms with Crippen LogP contribution in [-0.2, 0) is 6.42 Å². The molecule has 0 saturated heterocycles. The molecule has 1 aliphatic carbocycles. The summed E-state index contributed by atoms with van der Waals surface area (Å²) < 4.78 is 0. The lowest BCUT2D eigenvalue weighted by molar-refractivity contribution is 0.652. The zero-order valence-corrected chi connectivity index (χ0v) is 14.9. The molecule has 0 unspecified atom stereocenters. The fraction of sp³-hybridized carbons (Fsp3) is 0.650. The largest absolute Gasteiger partial charge is 0.368 e. The first-order valence-electron chi connectivity index (χ1n) is 8.86. The van der Waals surface area contributed by atoms with E-state index in [0.29, 0.717) is 6.04 Å². The van der Waals surface area contributed by atoms with Crippen LogP contribution in [0.2, 0.25) is 0 Å². The van der Waals surface area contributed by atoms with Gasteiger partial charge in [0.05, 0.1) is 11.9 Å². The molecule has 0 radical (unpaired) electrons. The van der Waals surface area contributed by atoms with E-state index in [1.165, 1.54) is 36.9 Å². The fourth-order valence-electron chi connectivity index (χ4n) is 2.87. The number of aromatic nitrogens is 1. The SMILES string of the molecule is CC.CC(C)N1CCCCc2c(C#CC3(C)CC3)cncc21. The molecule has 0 N–H and O–H groups in total. The molecule has 2 nitrogen and oxygen atoms in total. The molecule has 2 heterocycles. The maximum Gasteiger partial charge on any atom is 0.0600 e. The van der Waals surface area contributed by atoms with Gasteiger partial charge in [0.15, 0.2) is 0 Å². The van der Waals surface area contributed by atoms with Gasteiger partial charge in [0.1, 0.15) is 0 Å². The first kappa shape index (κ1) is 16.9. The summed E-state index contributed by atoms with van der Waals surface area (Å²) in [5.74, 6) is 6.88. The summed E-state index contributed by atoms with van der Waals surface area (Å²) in [6.07, 6.45) is 10.2. The molecule has 2 aliphatic rings. The van der Waals surface area contributed by atoms with Crippen LogP contribution in [0.25, 0.3) is 0 Å². The molecule has 0 amide bonds. The maximum atomic E-state index is 4.45. The molecule has 3 rings (SSSR count). The lowest BCUT2D eigenvalue weighted by Crippen LogP contribution is -2.31. The minimum atomic E-state index is 0.283. The zero-order valence-electron chi connectivity index (χ0n) is 14.9. The highest BCUT2D eigenvalue weighted by Crippen LogP contribution is 2.44. The Balaban J connectivity index is 0.000000847. The topological polar surface area (TPSA) is 16.1 Å². The summed E-state index contributed by atoms with van der Waals surface area (Å²) in [6.45, 7) is 11.9. The summed E-state index contributed by atoms with van der Waals surface area (Å²) >= 11 is 0. The Kier molecular flexibility index (Phi) is 5.51. The Hall–Kier alpha value is -1.49. The molecule has 0 atom stereocenters. The average Bonchev–Trinajstić information content (AvgIpc) is 3.29. The van der Waals surface area contributed by atoms with Crippen LogP contribution in [0.15, 0.2) is 12.4 Å². The number of anilines is 1. The molecule has 1 fully saturated rings. The third kappa shape index (κ3) is 3.83. The van der Waals surface area contributed by atoms with Crippen LogP contribution in [0, 0.1) is 17.3 Å². The van der Waals surface area contributed by atoms with Crippen molar-refractivity contribution in [1.29, 1.82) is 0 Å². The van der Waals surface area contributed by atoms with E-state index in [0.717, 1.165) is 18.5 Å². The number of fused-ring (bicyclic) bond motifs is 1. The molecular weight excluding hydrogens is 268 g/mol. The van der Waals surface area contributed by atoms with Crippen molar-refractivity contribution in [2.24, 2.45) is 5.41 Å². The molecule has 1 saturated carbocycles. The van der Waals surface area contributed by atoms with E-state index in [2.05, 4.69) is 42.5 Å². The van der Waals surface area contributed by atoms with Crippen LogP contribution in [0.5, 0.6) is 0 Å². The van der Waals surface area contributed by atoms with E-state index < -0.39 is 0 Å². The molecule has 22 heavy (non-hydrogen) atoms. The molecule has 2 heteroatoms. The monoisotopic (exact) mass is 298 g/mol. The van der Waals surface area contributed by atoms with Gasteiger partial charge in [-0.15, -0.1) is 0 Å². The predicted octanol–water partition coefficient (Wildman–Crippen LogP) is 4.81. The van der Waals surface area contributed by atoms with Crippen molar-refractivity contribution in [2.45, 2.75) is 72.8 Å². The standard InChI is InChI=1S/C18H24N2.C2H6/c1-14(2)20-11-5-4-6-16-15(12-19-13-17(16)20)7-8-18(3)9-10-18;1-2/h12-14H,4-6,9-11H2,1-3H3;1-2H3. The Labute approximate surface area is 136 Å². The van der Waals surface area contributed by atoms with E-state index in [1.807, 2.05) is 26.2 Å². The molecule has 1 aromatic heterocycles. The zero-order chi connectivity index (χ0) is 16.2. The van der Waals surface area contributed by atoms with Crippen molar-refractivity contribution in [3.8, 4) is 11.8 Å². The van der Waals surface area contributed by atoms with Crippen molar-refractivity contribution in [1.82, 2.24) is 4.98 Å². The molecule has 1 aliphatic heterocycles. The smallest absolute Gasteiger partial charge is 0.0600 e. The van der Waals surface area contributed by atoms with Gasteiger partial charge in [0.25, 0.3) is 0 Å². The Morgan fingerprint density at radius 1 is 1.18 bits per heavy atom. The van der Waals surface area contributed by atoms with Crippen LogP contribution in [-0.4, -0.2) is 17.6 Å². The third-order valence-corrected chi connectivity index (χ3v) is 4.54. The summed E-state index contributed by atoms with van der Waals surface area (Å²) in [4.78, 5) is 6.93. The molecule has 0 bridgehead atoms. The Morgan fingerprint density at radius 2 is 1.91 bits per heavy atom. The van der Waals surface area contributed by atoms with Gasteiger partial charge < -0.3 is 4.90 Å². The van der Waals surface area contributed by atoms with E-state index in [1.54, 1.807) is 0 Å². The third-order valence-electron chi connectivity index (χ3n) is 4.54. The Bertz CT molecular complexity index is 559. The molecule has 1 aromatic rings. The van der Waals surface area contributed by atoms with Crippen LogP contribution in [0.3, 0.4) is 0 Å². The van der Waals surface area contributed by atoms with Crippen molar-refractivity contribution < 1.29 is 0 Å². The number of nitrogens with zero attached hydrogens (tertiary/aromatic N) is 2. The Morgan fingerprint density at radius 3 is 2.55 bits per heavy atom. The lowest BCUT2D eigenvalue weighted by atomic mass is 10.0. The normalized spacial score (nSPS) is 18.4. The maximum absolute atomic E-state index is 4.45. The van der Waals surface area contributed by atoms with E-state index in [9.17, 15) is 0 Å². The molecular formula is C20H30N2. The van der Waals surface area contributed by atoms with Gasteiger partial charge in [-0.05, 0) is 58.4 Å². The number of hydrogen-bond acceptors (Lipinski definition) is 2. The van der Waals surface area contributed by atoms with Gasteiger partial charge in [-0.2, -0.15) is 0 Å². The van der Waals surface area contributed by atoms with Crippen LogP contribution in [0.1, 0.15) is 71.4 Å². The van der Waals surface area contributed by atoms with Gasteiger partial charge in [0, 0.05) is 29.8 Å². The molecule has 120 valence electrons. The minimum Gasteiger partial charge on any atom is -0.368 e. The van der Waals surface area contributed by atoms with Crippen LogP contribution in [0.4, 0.5) is 5.69 Å². The van der Waals surface area contributed by atoms with Crippen LogP contribution >= 0.6 is 0 Å². The highest BCUT2D eigenvalue weighted by molar-refractivity contribution is 5.60. The van der Waals surface area contributed by atoms with Gasteiger partial charge in [-0.1, -0.05) is 25.7 Å². The van der Waals surface area contributed by atoms with E-state index in [4.69, 9.17) is 0 Å². The highest BCUT2D eigenvalue weighted by atomic mass is 15.2. The van der Waals surface area contributed by atoms with Gasteiger partial charge >= 0.3 is 0 Å². The number of hydrogen-bond donors (Lipinski definition) is 0. The average molecular weight is 298 g/mol. The summed E-state index contributed by atoms with van der Waals surface area (Å²) in [6, 6.07) is 0.526. The van der Waals surface area contributed by atoms with Gasteiger partial charge in [-0.25, -0.2) is 0 Å². The number of rotatable bonds is 1. The second kappa shape index (κ2) is 7.18. The first-order valence-corrected chi connectivity index (χ1v) is 8.86. The summed E-state index contributed by atoms with van der Waals surface area (Å²) in [5, 5.41) is 0.